The number of aromatic nitrogens is 2. The molecule has 0 bridgehead atoms. The second-order valence-electron chi connectivity index (χ2n) is 7.21. The number of rotatable bonds is 7. The molecule has 158 valence electrons. The Morgan fingerprint density at radius 2 is 1.60 bits per heavy atom. The Bertz CT molecular complexity index is 1010. The normalized spacial score (nSPS) is 10.8. The summed E-state index contributed by atoms with van der Waals surface area (Å²) in [4.78, 5) is 13.1. The highest BCUT2D eigenvalue weighted by atomic mass is 16.5. The van der Waals surface area contributed by atoms with Crippen molar-refractivity contribution in [3.05, 3.63) is 59.4 Å². The van der Waals surface area contributed by atoms with Crippen LogP contribution >= 0.6 is 0 Å². The number of anilines is 1. The molecular weight excluding hydrogens is 382 g/mol. The first-order valence-electron chi connectivity index (χ1n) is 9.65. The average Bonchev–Trinajstić information content (AvgIpc) is 3.19. The Morgan fingerprint density at radius 1 is 1.00 bits per heavy atom. The molecule has 0 aliphatic rings. The first-order chi connectivity index (χ1) is 14.4. The summed E-state index contributed by atoms with van der Waals surface area (Å²) in [6.45, 7) is 6.11. The summed E-state index contributed by atoms with van der Waals surface area (Å²) in [6, 6.07) is 11.4. The van der Waals surface area contributed by atoms with Gasteiger partial charge in [0.15, 0.2) is 11.5 Å². The second kappa shape index (κ2) is 8.90. The standard InChI is InChI=1S/C23H27N3O4/c1-14(2)21-18(13-24-26(21)17-9-7-15(3)8-10-17)23(27)25-16-11-19(28-4)22(30-6)20(12-16)29-5/h7-14H,1-6H3,(H,25,27). The number of hydrogen-bond donors (Lipinski definition) is 1. The topological polar surface area (TPSA) is 74.6 Å². The summed E-state index contributed by atoms with van der Waals surface area (Å²) in [7, 11) is 4.60. The molecule has 2 aromatic carbocycles. The molecule has 30 heavy (non-hydrogen) atoms. The van der Waals surface area contributed by atoms with E-state index < -0.39 is 0 Å². The van der Waals surface area contributed by atoms with Crippen molar-refractivity contribution in [3.8, 4) is 22.9 Å². The Kier molecular flexibility index (Phi) is 6.30. The Labute approximate surface area is 176 Å². The molecule has 1 aromatic heterocycles. The molecule has 1 amide bonds. The number of benzene rings is 2. The van der Waals surface area contributed by atoms with Crippen LogP contribution in [0.5, 0.6) is 17.2 Å². The second-order valence-corrected chi connectivity index (χ2v) is 7.21. The third-order valence-electron chi connectivity index (χ3n) is 4.80. The van der Waals surface area contributed by atoms with Crippen LogP contribution in [0.4, 0.5) is 5.69 Å². The van der Waals surface area contributed by atoms with Crippen LogP contribution in [0.3, 0.4) is 0 Å². The molecule has 0 aliphatic carbocycles. The number of nitrogens with zero attached hydrogens (tertiary/aromatic N) is 2. The van der Waals surface area contributed by atoms with Crippen molar-refractivity contribution in [1.82, 2.24) is 9.78 Å². The van der Waals surface area contributed by atoms with Gasteiger partial charge in [-0.25, -0.2) is 4.68 Å². The number of nitrogens with one attached hydrogen (secondary N) is 1. The molecule has 7 nitrogen and oxygen atoms in total. The molecule has 0 fully saturated rings. The van der Waals surface area contributed by atoms with Gasteiger partial charge in [-0.15, -0.1) is 0 Å². The van der Waals surface area contributed by atoms with Crippen LogP contribution in [0.2, 0.25) is 0 Å². The van der Waals surface area contributed by atoms with Crippen molar-refractivity contribution in [3.63, 3.8) is 0 Å². The van der Waals surface area contributed by atoms with E-state index in [1.807, 2.05) is 49.7 Å². The molecule has 3 aromatic rings. The average molecular weight is 409 g/mol. The number of hydrogen-bond acceptors (Lipinski definition) is 5. The van der Waals surface area contributed by atoms with E-state index in [9.17, 15) is 4.79 Å². The molecule has 3 rings (SSSR count). The van der Waals surface area contributed by atoms with Crippen LogP contribution in [0.25, 0.3) is 5.69 Å². The monoisotopic (exact) mass is 409 g/mol. The van der Waals surface area contributed by atoms with E-state index in [-0.39, 0.29) is 11.8 Å². The van der Waals surface area contributed by atoms with E-state index >= 15 is 0 Å². The van der Waals surface area contributed by atoms with E-state index in [1.54, 1.807) is 18.3 Å². The highest BCUT2D eigenvalue weighted by Crippen LogP contribution is 2.40. The highest BCUT2D eigenvalue weighted by Gasteiger charge is 2.22. The van der Waals surface area contributed by atoms with Crippen molar-refractivity contribution in [1.29, 1.82) is 0 Å². The number of methoxy groups -OCH3 is 3. The van der Waals surface area contributed by atoms with Crippen LogP contribution in [0.1, 0.15) is 41.4 Å². The van der Waals surface area contributed by atoms with E-state index in [4.69, 9.17) is 14.2 Å². The zero-order valence-electron chi connectivity index (χ0n) is 18.1. The van der Waals surface area contributed by atoms with E-state index in [1.165, 1.54) is 21.3 Å². The van der Waals surface area contributed by atoms with Crippen LogP contribution < -0.4 is 19.5 Å². The van der Waals surface area contributed by atoms with Crippen molar-refractivity contribution in [2.24, 2.45) is 0 Å². The lowest BCUT2D eigenvalue weighted by Gasteiger charge is -2.15. The molecule has 0 aliphatic heterocycles. The highest BCUT2D eigenvalue weighted by molar-refractivity contribution is 6.05. The number of amides is 1. The zero-order chi connectivity index (χ0) is 21.8. The maximum atomic E-state index is 13.1. The van der Waals surface area contributed by atoms with Gasteiger partial charge in [0.1, 0.15) is 0 Å². The van der Waals surface area contributed by atoms with E-state index in [0.717, 1.165) is 16.9 Å². The zero-order valence-corrected chi connectivity index (χ0v) is 18.1. The van der Waals surface area contributed by atoms with Gasteiger partial charge in [-0.1, -0.05) is 31.5 Å². The molecule has 1 heterocycles. The molecule has 0 radical (unpaired) electrons. The summed E-state index contributed by atoms with van der Waals surface area (Å²) >= 11 is 0. The maximum Gasteiger partial charge on any atom is 0.259 e. The van der Waals surface area contributed by atoms with E-state index in [0.29, 0.717) is 28.5 Å². The van der Waals surface area contributed by atoms with Gasteiger partial charge in [-0.2, -0.15) is 5.10 Å². The Balaban J connectivity index is 1.97. The van der Waals surface area contributed by atoms with Crippen molar-refractivity contribution >= 4 is 11.6 Å². The van der Waals surface area contributed by atoms with Gasteiger partial charge in [-0.05, 0) is 25.0 Å². The predicted octanol–water partition coefficient (Wildman–Crippen LogP) is 4.58. The third-order valence-corrected chi connectivity index (χ3v) is 4.80. The summed E-state index contributed by atoms with van der Waals surface area (Å²) in [6.07, 6.45) is 1.60. The number of carbonyl (C=O) groups excluding carboxylic acids is 1. The fourth-order valence-corrected chi connectivity index (χ4v) is 3.33. The predicted molar refractivity (Wildman–Crippen MR) is 116 cm³/mol. The van der Waals surface area contributed by atoms with Crippen molar-refractivity contribution in [2.45, 2.75) is 26.7 Å². The Hall–Kier alpha value is -3.48. The minimum absolute atomic E-state index is 0.0921. The molecular formula is C23H27N3O4. The van der Waals surface area contributed by atoms with Gasteiger partial charge in [-0.3, -0.25) is 4.79 Å². The maximum absolute atomic E-state index is 13.1. The molecule has 0 spiro atoms. The first-order valence-corrected chi connectivity index (χ1v) is 9.65. The first kappa shape index (κ1) is 21.2. The fourth-order valence-electron chi connectivity index (χ4n) is 3.33. The van der Waals surface area contributed by atoms with Gasteiger partial charge < -0.3 is 19.5 Å². The number of carbonyl (C=O) groups is 1. The SMILES string of the molecule is COc1cc(NC(=O)c2cnn(-c3ccc(C)cc3)c2C(C)C)cc(OC)c1OC. The summed E-state index contributed by atoms with van der Waals surface area (Å²) in [5, 5.41) is 7.40. The third kappa shape index (κ3) is 4.10. The quantitative estimate of drug-likeness (QED) is 0.618. The lowest BCUT2D eigenvalue weighted by atomic mass is 10.0. The molecule has 0 saturated carbocycles. The van der Waals surface area contributed by atoms with E-state index in [2.05, 4.69) is 10.4 Å². The van der Waals surface area contributed by atoms with Crippen molar-refractivity contribution < 1.29 is 19.0 Å². The largest absolute Gasteiger partial charge is 0.493 e. The van der Waals surface area contributed by atoms with Crippen LogP contribution in [0.15, 0.2) is 42.6 Å². The molecule has 7 heteroatoms. The van der Waals surface area contributed by atoms with Gasteiger partial charge in [0.2, 0.25) is 5.75 Å². The molecule has 0 atom stereocenters. The fraction of sp³-hybridized carbons (Fsp3) is 0.304. The van der Waals surface area contributed by atoms with Gasteiger partial charge >= 0.3 is 0 Å². The number of aryl methyl sites for hydroxylation is 1. The molecule has 0 saturated heterocycles. The van der Waals surface area contributed by atoms with Gasteiger partial charge in [0, 0.05) is 17.8 Å². The smallest absolute Gasteiger partial charge is 0.259 e. The minimum atomic E-state index is -0.258. The summed E-state index contributed by atoms with van der Waals surface area (Å²) in [5.74, 6) is 1.23. The van der Waals surface area contributed by atoms with Gasteiger partial charge in [0.05, 0.1) is 44.5 Å². The van der Waals surface area contributed by atoms with Crippen LogP contribution in [-0.2, 0) is 0 Å². The lowest BCUT2D eigenvalue weighted by Crippen LogP contribution is -2.15. The van der Waals surface area contributed by atoms with Crippen molar-refractivity contribution in [2.75, 3.05) is 26.6 Å². The number of ether oxygens (including phenoxy) is 3. The Morgan fingerprint density at radius 3 is 2.10 bits per heavy atom. The van der Waals surface area contributed by atoms with Crippen LogP contribution in [-0.4, -0.2) is 37.0 Å². The van der Waals surface area contributed by atoms with Gasteiger partial charge in [0.25, 0.3) is 5.91 Å². The summed E-state index contributed by atoms with van der Waals surface area (Å²) in [5.41, 5.74) is 3.96. The molecule has 1 N–H and O–H groups in total. The van der Waals surface area contributed by atoms with Crippen LogP contribution in [0, 0.1) is 6.92 Å². The molecule has 0 unspecified atom stereocenters. The summed E-state index contributed by atoms with van der Waals surface area (Å²) < 4.78 is 17.9. The minimum Gasteiger partial charge on any atom is -0.493 e. The lowest BCUT2D eigenvalue weighted by molar-refractivity contribution is 0.102.